The van der Waals surface area contributed by atoms with E-state index in [4.69, 9.17) is 9.15 Å². The molecular weight excluding hydrogens is 438 g/mol. The lowest BCUT2D eigenvalue weighted by Crippen LogP contribution is -2.41. The Morgan fingerprint density at radius 2 is 1.55 bits per heavy atom. The number of furan rings is 1. The summed E-state index contributed by atoms with van der Waals surface area (Å²) in [4.78, 5) is 32.8. The maximum atomic E-state index is 12.5. The standard InChI is InChI=1S/C21H19N3O9/c25-11-18(20(26)13-1-3-14(4-2-13)23(28)29)22-21(27)19-10-9-17(33-19)12-32-16-7-5-15(6-8-16)24(30)31/h1-10,18,20,25-26H,11-12H2,(H,22,27). The Kier molecular flexibility index (Phi) is 7.33. The Bertz CT molecular complexity index is 1130. The van der Waals surface area contributed by atoms with E-state index < -0.39 is 34.5 Å². The first kappa shape index (κ1) is 23.4. The van der Waals surface area contributed by atoms with Crippen molar-refractivity contribution in [1.82, 2.24) is 5.32 Å². The average molecular weight is 457 g/mol. The van der Waals surface area contributed by atoms with Crippen molar-refractivity contribution in [2.24, 2.45) is 0 Å². The minimum atomic E-state index is -1.32. The van der Waals surface area contributed by atoms with Gasteiger partial charge in [-0.15, -0.1) is 0 Å². The van der Waals surface area contributed by atoms with Crippen LogP contribution in [0.1, 0.15) is 28.0 Å². The van der Waals surface area contributed by atoms with E-state index in [0.29, 0.717) is 11.5 Å². The highest BCUT2D eigenvalue weighted by molar-refractivity contribution is 5.91. The lowest BCUT2D eigenvalue weighted by molar-refractivity contribution is -0.385. The fourth-order valence-electron chi connectivity index (χ4n) is 2.89. The molecule has 0 saturated heterocycles. The number of aliphatic hydroxyl groups is 2. The van der Waals surface area contributed by atoms with Crippen molar-refractivity contribution in [3.63, 3.8) is 0 Å². The molecule has 0 aliphatic carbocycles. The average Bonchev–Trinajstić information content (AvgIpc) is 3.30. The Labute approximate surface area is 186 Å². The highest BCUT2D eigenvalue weighted by Crippen LogP contribution is 2.22. The van der Waals surface area contributed by atoms with Crippen LogP contribution in [-0.2, 0) is 6.61 Å². The third-order valence-corrected chi connectivity index (χ3v) is 4.65. The second-order valence-electron chi connectivity index (χ2n) is 6.86. The number of non-ortho nitro benzene ring substituents is 2. The van der Waals surface area contributed by atoms with E-state index in [-0.39, 0.29) is 29.3 Å². The molecule has 0 spiro atoms. The molecule has 1 aromatic heterocycles. The molecule has 12 nitrogen and oxygen atoms in total. The van der Waals surface area contributed by atoms with E-state index in [1.807, 2.05) is 0 Å². The number of nitrogens with zero attached hydrogens (tertiary/aromatic N) is 2. The first-order valence-corrected chi connectivity index (χ1v) is 9.58. The van der Waals surface area contributed by atoms with Crippen LogP contribution in [-0.4, -0.2) is 38.6 Å². The minimum Gasteiger partial charge on any atom is -0.486 e. The zero-order chi connectivity index (χ0) is 24.0. The zero-order valence-electron chi connectivity index (χ0n) is 17.0. The van der Waals surface area contributed by atoms with Gasteiger partial charge in [-0.05, 0) is 42.0 Å². The van der Waals surface area contributed by atoms with Gasteiger partial charge in [0.15, 0.2) is 5.76 Å². The van der Waals surface area contributed by atoms with Gasteiger partial charge < -0.3 is 24.7 Å². The fourth-order valence-corrected chi connectivity index (χ4v) is 2.89. The van der Waals surface area contributed by atoms with Gasteiger partial charge >= 0.3 is 0 Å². The van der Waals surface area contributed by atoms with Crippen LogP contribution < -0.4 is 10.1 Å². The SMILES string of the molecule is O=C(NC(CO)C(O)c1ccc([N+](=O)[O-])cc1)c1ccc(COc2ccc([N+](=O)[O-])cc2)o1. The van der Waals surface area contributed by atoms with E-state index in [1.54, 1.807) is 0 Å². The summed E-state index contributed by atoms with van der Waals surface area (Å²) in [6.45, 7) is -0.638. The van der Waals surface area contributed by atoms with Crippen LogP contribution in [0.2, 0.25) is 0 Å². The highest BCUT2D eigenvalue weighted by Gasteiger charge is 2.24. The van der Waals surface area contributed by atoms with Crippen LogP contribution >= 0.6 is 0 Å². The minimum absolute atomic E-state index is 0.0417. The van der Waals surface area contributed by atoms with Crippen molar-refractivity contribution >= 4 is 17.3 Å². The molecule has 1 heterocycles. The normalized spacial score (nSPS) is 12.5. The molecule has 2 aromatic carbocycles. The predicted molar refractivity (Wildman–Crippen MR) is 113 cm³/mol. The van der Waals surface area contributed by atoms with Gasteiger partial charge in [0.2, 0.25) is 0 Å². The summed E-state index contributed by atoms with van der Waals surface area (Å²) < 4.78 is 10.9. The summed E-state index contributed by atoms with van der Waals surface area (Å²) in [6.07, 6.45) is -1.32. The van der Waals surface area contributed by atoms with Crippen molar-refractivity contribution in [3.05, 3.63) is 98.0 Å². The van der Waals surface area contributed by atoms with Crippen LogP contribution in [0.5, 0.6) is 5.75 Å². The molecule has 0 fully saturated rings. The smallest absolute Gasteiger partial charge is 0.287 e. The van der Waals surface area contributed by atoms with Gasteiger partial charge in [-0.3, -0.25) is 25.0 Å². The molecule has 0 bridgehead atoms. The van der Waals surface area contributed by atoms with E-state index in [1.165, 1.54) is 60.7 Å². The number of nitro benzene ring substituents is 2. The predicted octanol–water partition coefficient (Wildman–Crippen LogP) is 2.50. The zero-order valence-corrected chi connectivity index (χ0v) is 17.0. The number of hydrogen-bond acceptors (Lipinski definition) is 9. The van der Waals surface area contributed by atoms with Gasteiger partial charge in [-0.25, -0.2) is 0 Å². The summed E-state index contributed by atoms with van der Waals surface area (Å²) in [5, 5.41) is 43.9. The Morgan fingerprint density at radius 3 is 2.09 bits per heavy atom. The van der Waals surface area contributed by atoms with Gasteiger partial charge in [0.1, 0.15) is 24.2 Å². The molecule has 0 radical (unpaired) electrons. The molecule has 1 amide bonds. The molecule has 172 valence electrons. The van der Waals surface area contributed by atoms with Gasteiger partial charge in [0, 0.05) is 24.3 Å². The van der Waals surface area contributed by atoms with Crippen molar-refractivity contribution in [2.45, 2.75) is 18.8 Å². The number of rotatable bonds is 10. The number of ether oxygens (including phenoxy) is 1. The molecule has 3 rings (SSSR count). The van der Waals surface area contributed by atoms with Gasteiger partial charge in [-0.1, -0.05) is 0 Å². The van der Waals surface area contributed by atoms with Gasteiger partial charge in [0.25, 0.3) is 17.3 Å². The quantitative estimate of drug-likeness (QED) is 0.305. The molecular formula is C21H19N3O9. The van der Waals surface area contributed by atoms with Crippen LogP contribution in [0.15, 0.2) is 65.1 Å². The summed E-state index contributed by atoms with van der Waals surface area (Å²) in [5.74, 6) is -0.118. The molecule has 2 atom stereocenters. The maximum Gasteiger partial charge on any atom is 0.287 e. The fraction of sp³-hybridized carbons (Fsp3) is 0.190. The van der Waals surface area contributed by atoms with Crippen LogP contribution in [0.4, 0.5) is 11.4 Å². The van der Waals surface area contributed by atoms with Crippen molar-refractivity contribution < 1.29 is 34.0 Å². The molecule has 0 aliphatic rings. The Morgan fingerprint density at radius 1 is 0.970 bits per heavy atom. The summed E-state index contributed by atoms with van der Waals surface area (Å²) in [5.41, 5.74) is 0.0415. The molecule has 2 unspecified atom stereocenters. The Balaban J connectivity index is 1.59. The van der Waals surface area contributed by atoms with Crippen molar-refractivity contribution in [2.75, 3.05) is 6.61 Å². The number of hydrogen-bond donors (Lipinski definition) is 3. The first-order valence-electron chi connectivity index (χ1n) is 9.58. The molecule has 33 heavy (non-hydrogen) atoms. The van der Waals surface area contributed by atoms with Crippen LogP contribution in [0.3, 0.4) is 0 Å². The Hall–Kier alpha value is -4.29. The summed E-state index contributed by atoms with van der Waals surface area (Å²) >= 11 is 0. The third-order valence-electron chi connectivity index (χ3n) is 4.65. The number of nitrogens with one attached hydrogen (secondary N) is 1. The topological polar surface area (TPSA) is 178 Å². The number of amides is 1. The summed E-state index contributed by atoms with van der Waals surface area (Å²) in [7, 11) is 0. The third kappa shape index (κ3) is 5.90. The number of nitro groups is 2. The van der Waals surface area contributed by atoms with Gasteiger partial charge in [-0.2, -0.15) is 0 Å². The lowest BCUT2D eigenvalue weighted by Gasteiger charge is -2.22. The van der Waals surface area contributed by atoms with E-state index in [9.17, 15) is 35.2 Å². The summed E-state index contributed by atoms with van der Waals surface area (Å²) in [6, 6.07) is 12.3. The van der Waals surface area contributed by atoms with Crippen LogP contribution in [0, 0.1) is 20.2 Å². The number of carbonyl (C=O) groups is 1. The van der Waals surface area contributed by atoms with Crippen molar-refractivity contribution in [3.8, 4) is 5.75 Å². The van der Waals surface area contributed by atoms with E-state index in [0.717, 1.165) is 0 Å². The number of benzene rings is 2. The number of carbonyl (C=O) groups excluding carboxylic acids is 1. The second kappa shape index (κ2) is 10.3. The molecule has 0 aliphatic heterocycles. The highest BCUT2D eigenvalue weighted by atomic mass is 16.6. The van der Waals surface area contributed by atoms with E-state index >= 15 is 0 Å². The lowest BCUT2D eigenvalue weighted by atomic mass is 10.0. The van der Waals surface area contributed by atoms with E-state index in [2.05, 4.69) is 5.32 Å². The largest absolute Gasteiger partial charge is 0.486 e. The molecule has 3 N–H and O–H groups in total. The maximum absolute atomic E-state index is 12.5. The van der Waals surface area contributed by atoms with Gasteiger partial charge in [0.05, 0.1) is 22.5 Å². The molecule has 3 aromatic rings. The first-order chi connectivity index (χ1) is 15.8. The molecule has 0 saturated carbocycles. The monoisotopic (exact) mass is 457 g/mol. The number of aliphatic hydroxyl groups excluding tert-OH is 2. The van der Waals surface area contributed by atoms with Crippen molar-refractivity contribution in [1.29, 1.82) is 0 Å². The molecule has 12 heteroatoms. The second-order valence-corrected chi connectivity index (χ2v) is 6.86. The van der Waals surface area contributed by atoms with Crippen LogP contribution in [0.25, 0.3) is 0 Å².